The normalized spacial score (nSPS) is 41.1. The molecule has 9 nitrogen and oxygen atoms in total. The fraction of sp³-hybridized carbons (Fsp3) is 0.912. The predicted molar refractivity (Wildman–Crippen MR) is 167 cm³/mol. The highest BCUT2D eigenvalue weighted by atomic mass is 16.3. The van der Waals surface area contributed by atoms with Crippen molar-refractivity contribution < 1.29 is 19.5 Å². The topological polar surface area (TPSA) is 151 Å². The summed E-state index contributed by atoms with van der Waals surface area (Å²) < 4.78 is 0. The maximum absolute atomic E-state index is 13.2. The Hall–Kier alpha value is -1.71. The van der Waals surface area contributed by atoms with Crippen molar-refractivity contribution in [2.24, 2.45) is 51.9 Å². The van der Waals surface area contributed by atoms with E-state index in [9.17, 15) is 19.5 Å². The molecule has 9 heteroatoms. The van der Waals surface area contributed by atoms with Crippen molar-refractivity contribution in [3.8, 4) is 0 Å². The Balaban J connectivity index is 1.15. The number of nitrogens with zero attached hydrogens (tertiary/aromatic N) is 1. The van der Waals surface area contributed by atoms with E-state index in [0.717, 1.165) is 49.9 Å². The van der Waals surface area contributed by atoms with Crippen LogP contribution in [0.1, 0.15) is 110 Å². The molecule has 3 amide bonds. The van der Waals surface area contributed by atoms with Crippen LogP contribution in [-0.4, -0.2) is 72.1 Å². The van der Waals surface area contributed by atoms with Crippen LogP contribution in [0.4, 0.5) is 0 Å². The van der Waals surface area contributed by atoms with Gasteiger partial charge in [0.05, 0.1) is 12.1 Å². The quantitative estimate of drug-likeness (QED) is 0.243. The Morgan fingerprint density at radius 2 is 1.72 bits per heavy atom. The monoisotopic (exact) mass is 601 g/mol. The van der Waals surface area contributed by atoms with Gasteiger partial charge >= 0.3 is 0 Å². The van der Waals surface area contributed by atoms with Crippen LogP contribution in [0.25, 0.3) is 0 Å². The van der Waals surface area contributed by atoms with Crippen LogP contribution in [0.5, 0.6) is 0 Å². The number of unbranched alkanes of at least 4 members (excludes halogenated alkanes) is 1. The molecule has 1 heterocycles. The summed E-state index contributed by atoms with van der Waals surface area (Å²) in [5.74, 6) is 3.15. The third-order valence-corrected chi connectivity index (χ3v) is 13.3. The molecule has 11 atom stereocenters. The van der Waals surface area contributed by atoms with Crippen LogP contribution in [0.2, 0.25) is 0 Å². The Morgan fingerprint density at radius 3 is 2.47 bits per heavy atom. The number of carbonyl (C=O) groups is 3. The smallest absolute Gasteiger partial charge is 0.242 e. The summed E-state index contributed by atoms with van der Waals surface area (Å²) in [6.45, 7) is 5.94. The Bertz CT molecular complexity index is 1020. The summed E-state index contributed by atoms with van der Waals surface area (Å²) in [5.41, 5.74) is 12.5. The Morgan fingerprint density at radius 1 is 0.977 bits per heavy atom. The second-order valence-electron chi connectivity index (χ2n) is 15.5. The molecule has 5 rings (SSSR count). The minimum Gasteiger partial charge on any atom is -0.393 e. The average molecular weight is 602 g/mol. The molecule has 4 saturated carbocycles. The van der Waals surface area contributed by atoms with Crippen LogP contribution in [0.15, 0.2) is 0 Å². The minimum atomic E-state index is -0.665. The first kappa shape index (κ1) is 32.7. The van der Waals surface area contributed by atoms with Crippen molar-refractivity contribution in [1.82, 2.24) is 15.5 Å². The number of carbonyl (C=O) groups excluding carboxylic acids is 3. The molecule has 244 valence electrons. The number of aliphatic hydroxyl groups is 1. The number of hydrogen-bond acceptors (Lipinski definition) is 6. The number of fused-ring (bicyclic) bond motifs is 5. The number of nitrogens with one attached hydrogen (secondary N) is 2. The van der Waals surface area contributed by atoms with Crippen LogP contribution in [0.3, 0.4) is 0 Å². The molecular weight excluding hydrogens is 542 g/mol. The zero-order chi connectivity index (χ0) is 30.9. The number of nitrogens with two attached hydrogens (primary N) is 2. The molecule has 7 N–H and O–H groups in total. The molecule has 43 heavy (non-hydrogen) atoms. The lowest BCUT2D eigenvalue weighted by Gasteiger charge is -2.61. The number of rotatable bonds is 10. The van der Waals surface area contributed by atoms with Crippen molar-refractivity contribution in [2.75, 3.05) is 20.1 Å². The van der Waals surface area contributed by atoms with Crippen molar-refractivity contribution in [1.29, 1.82) is 0 Å². The second kappa shape index (κ2) is 13.3. The van der Waals surface area contributed by atoms with E-state index in [-0.39, 0.29) is 29.9 Å². The van der Waals surface area contributed by atoms with Crippen molar-refractivity contribution in [3.63, 3.8) is 0 Å². The molecule has 6 unspecified atom stereocenters. The third kappa shape index (κ3) is 6.37. The number of likely N-dealkylation sites (N-methyl/N-ethyl adjacent to an activating group) is 1. The highest BCUT2D eigenvalue weighted by molar-refractivity contribution is 5.90. The Labute approximate surface area is 259 Å². The summed E-state index contributed by atoms with van der Waals surface area (Å²) in [5, 5.41) is 16.2. The van der Waals surface area contributed by atoms with Crippen LogP contribution in [-0.2, 0) is 14.4 Å². The van der Waals surface area contributed by atoms with Gasteiger partial charge in [-0.05, 0) is 130 Å². The lowest BCUT2D eigenvalue weighted by atomic mass is 9.44. The number of likely N-dealkylation sites (tertiary alicyclic amines) is 1. The summed E-state index contributed by atoms with van der Waals surface area (Å²) in [7, 11) is 1.58. The zero-order valence-electron chi connectivity index (χ0n) is 27.0. The summed E-state index contributed by atoms with van der Waals surface area (Å²) in [6.07, 6.45) is 14.6. The van der Waals surface area contributed by atoms with E-state index in [1.54, 1.807) is 11.9 Å². The molecule has 4 aliphatic carbocycles. The molecule has 5 aliphatic rings. The molecular formula is C34H59N5O4. The first-order valence-electron chi connectivity index (χ1n) is 17.5. The highest BCUT2D eigenvalue weighted by Gasteiger charge is 2.60. The van der Waals surface area contributed by atoms with Gasteiger partial charge in [0.2, 0.25) is 17.7 Å². The third-order valence-electron chi connectivity index (χ3n) is 13.3. The van der Waals surface area contributed by atoms with Gasteiger partial charge in [0, 0.05) is 26.1 Å². The van der Waals surface area contributed by atoms with E-state index in [2.05, 4.69) is 24.5 Å². The first-order chi connectivity index (χ1) is 20.5. The highest BCUT2D eigenvalue weighted by Crippen LogP contribution is 2.67. The van der Waals surface area contributed by atoms with Gasteiger partial charge in [-0.25, -0.2) is 0 Å². The van der Waals surface area contributed by atoms with Gasteiger partial charge in [-0.3, -0.25) is 14.4 Å². The lowest BCUT2D eigenvalue weighted by molar-refractivity contribution is -0.139. The van der Waals surface area contributed by atoms with Gasteiger partial charge in [0.1, 0.15) is 6.04 Å². The first-order valence-corrected chi connectivity index (χ1v) is 17.5. The summed E-state index contributed by atoms with van der Waals surface area (Å²) in [6, 6.07) is -1.53. The van der Waals surface area contributed by atoms with Gasteiger partial charge in [-0.2, -0.15) is 0 Å². The fourth-order valence-electron chi connectivity index (χ4n) is 10.9. The van der Waals surface area contributed by atoms with Crippen molar-refractivity contribution in [2.45, 2.75) is 134 Å². The van der Waals surface area contributed by atoms with Gasteiger partial charge < -0.3 is 32.1 Å². The van der Waals surface area contributed by atoms with E-state index >= 15 is 0 Å². The lowest BCUT2D eigenvalue weighted by Crippen LogP contribution is -2.53. The van der Waals surface area contributed by atoms with E-state index in [1.807, 2.05) is 0 Å². The molecule has 1 saturated heterocycles. The van der Waals surface area contributed by atoms with Crippen LogP contribution >= 0.6 is 0 Å². The van der Waals surface area contributed by atoms with Crippen LogP contribution in [0, 0.1) is 40.4 Å². The molecule has 5 fully saturated rings. The van der Waals surface area contributed by atoms with E-state index in [4.69, 9.17) is 11.5 Å². The molecule has 1 aliphatic heterocycles. The van der Waals surface area contributed by atoms with Gasteiger partial charge in [-0.1, -0.05) is 20.3 Å². The SMILES string of the molecule is CNC(=O)[C@@H]1C[C@H](NC(=O)CCC2CCC3C4CCC5C[C@H](O)CC[C@]5(C)C4CC[C@]23C)CN1C(=O)C(N)CCCCN. The summed E-state index contributed by atoms with van der Waals surface area (Å²) in [4.78, 5) is 40.6. The van der Waals surface area contributed by atoms with E-state index in [0.29, 0.717) is 55.0 Å². The largest absolute Gasteiger partial charge is 0.393 e. The molecule has 0 radical (unpaired) electrons. The average Bonchev–Trinajstić information content (AvgIpc) is 3.56. The maximum Gasteiger partial charge on any atom is 0.242 e. The van der Waals surface area contributed by atoms with E-state index < -0.39 is 12.1 Å². The van der Waals surface area contributed by atoms with Gasteiger partial charge in [0.25, 0.3) is 0 Å². The molecule has 0 bridgehead atoms. The molecule has 0 aromatic rings. The fourth-order valence-corrected chi connectivity index (χ4v) is 10.9. The number of aliphatic hydroxyl groups excluding tert-OH is 1. The van der Waals surface area contributed by atoms with Gasteiger partial charge in [0.15, 0.2) is 0 Å². The molecule has 0 aromatic carbocycles. The second-order valence-corrected chi connectivity index (χ2v) is 15.5. The summed E-state index contributed by atoms with van der Waals surface area (Å²) >= 11 is 0. The zero-order valence-corrected chi connectivity index (χ0v) is 27.0. The number of amides is 3. The van der Waals surface area contributed by atoms with E-state index in [1.165, 1.54) is 44.9 Å². The predicted octanol–water partition coefficient (Wildman–Crippen LogP) is 3.07. The Kier molecular flexibility index (Phi) is 10.1. The minimum absolute atomic E-state index is 0.0247. The van der Waals surface area contributed by atoms with Crippen molar-refractivity contribution >= 4 is 17.7 Å². The van der Waals surface area contributed by atoms with Crippen LogP contribution < -0.4 is 22.1 Å². The van der Waals surface area contributed by atoms with Gasteiger partial charge in [-0.15, -0.1) is 0 Å². The molecule has 0 spiro atoms. The van der Waals surface area contributed by atoms with Crippen molar-refractivity contribution in [3.05, 3.63) is 0 Å². The standard InChI is InChI=1S/C34H59N5O4/c1-33-16-14-27-25(10-7-22-18-24(40)13-15-34(22,27)2)26(33)11-8-21(33)9-12-30(41)38-23-19-29(31(42)37-3)39(20-23)32(43)28(36)6-4-5-17-35/h21-29,40H,4-20,35-36H2,1-3H3,(H,37,42)(H,38,41)/t21?,22?,23-,24+,25?,26?,27?,28?,29-,33+,34-/m0/s1. The number of hydrogen-bond donors (Lipinski definition) is 5. The maximum atomic E-state index is 13.2. The molecule has 0 aromatic heterocycles.